The van der Waals surface area contributed by atoms with Crippen LogP contribution in [0.15, 0.2) is 36.0 Å². The molecule has 4 aliphatic rings. The molecule has 2 nitrogen and oxygen atoms in total. The van der Waals surface area contributed by atoms with Crippen LogP contribution in [0.1, 0.15) is 189 Å². The molecule has 8 unspecified atom stereocenters. The first-order valence-corrected chi connectivity index (χ1v) is 20.9. The highest BCUT2D eigenvalue weighted by Crippen LogP contribution is 2.67. The predicted molar refractivity (Wildman–Crippen MR) is 202 cm³/mol. The van der Waals surface area contributed by atoms with Gasteiger partial charge in [-0.1, -0.05) is 129 Å². The Labute approximate surface area is 292 Å². The van der Waals surface area contributed by atoms with Gasteiger partial charge in [0.1, 0.15) is 6.10 Å². The van der Waals surface area contributed by atoms with Crippen LogP contribution in [0.5, 0.6) is 0 Å². The van der Waals surface area contributed by atoms with E-state index in [4.69, 9.17) is 4.74 Å². The van der Waals surface area contributed by atoms with Gasteiger partial charge in [0, 0.05) is 12.8 Å². The molecule has 4 aliphatic carbocycles. The number of ether oxygens (including phenoxy) is 1. The summed E-state index contributed by atoms with van der Waals surface area (Å²) in [5.41, 5.74) is 2.52. The minimum absolute atomic E-state index is 0.0477. The lowest BCUT2D eigenvalue weighted by Crippen LogP contribution is -2.51. The van der Waals surface area contributed by atoms with Crippen LogP contribution >= 0.6 is 0 Å². The van der Waals surface area contributed by atoms with Crippen LogP contribution in [0.25, 0.3) is 0 Å². The van der Waals surface area contributed by atoms with Gasteiger partial charge in [-0.3, -0.25) is 4.79 Å². The van der Waals surface area contributed by atoms with Crippen molar-refractivity contribution in [2.24, 2.45) is 46.3 Å². The maximum atomic E-state index is 12.8. The predicted octanol–water partition coefficient (Wildman–Crippen LogP) is 13.8. The first-order valence-electron chi connectivity index (χ1n) is 20.9. The second-order valence-corrected chi connectivity index (χ2v) is 17.6. The Bertz CT molecular complexity index is 1020. The molecular formula is C45H76O2. The Hall–Kier alpha value is -1.31. The second kappa shape index (κ2) is 19.2. The minimum Gasteiger partial charge on any atom is -0.462 e. The molecule has 0 heterocycles. The van der Waals surface area contributed by atoms with Gasteiger partial charge in [0.05, 0.1) is 0 Å². The van der Waals surface area contributed by atoms with Crippen LogP contribution in [0.3, 0.4) is 0 Å². The summed E-state index contributed by atoms with van der Waals surface area (Å²) in [4.78, 5) is 12.8. The monoisotopic (exact) mass is 649 g/mol. The van der Waals surface area contributed by atoms with E-state index in [0.29, 0.717) is 17.3 Å². The second-order valence-electron chi connectivity index (χ2n) is 17.6. The van der Waals surface area contributed by atoms with Gasteiger partial charge in [-0.15, -0.1) is 0 Å². The summed E-state index contributed by atoms with van der Waals surface area (Å²) < 4.78 is 6.12. The number of unbranched alkanes of at least 4 members (excludes halogenated alkanes) is 8. The number of carbonyl (C=O) groups excluding carboxylic acids is 1. The lowest BCUT2D eigenvalue weighted by Gasteiger charge is -2.58. The van der Waals surface area contributed by atoms with E-state index < -0.39 is 0 Å². The van der Waals surface area contributed by atoms with Gasteiger partial charge < -0.3 is 4.74 Å². The van der Waals surface area contributed by atoms with E-state index in [1.807, 2.05) is 0 Å². The third-order valence-corrected chi connectivity index (χ3v) is 13.9. The van der Waals surface area contributed by atoms with Crippen molar-refractivity contribution in [2.45, 2.75) is 195 Å². The zero-order valence-electron chi connectivity index (χ0n) is 32.0. The Morgan fingerprint density at radius 1 is 0.830 bits per heavy atom. The van der Waals surface area contributed by atoms with Crippen molar-refractivity contribution in [3.63, 3.8) is 0 Å². The SMILES string of the molecule is CCCCCC=CCC=CCCCCCCCC(=O)OC1CCC2(C)C(=CCC3C2CCC2(C)C(C(C)CCCC(C)C)CCC32)C1. The summed E-state index contributed by atoms with van der Waals surface area (Å²) in [5, 5.41) is 0. The molecule has 268 valence electrons. The minimum atomic E-state index is 0.0477. The number of carbonyl (C=O) groups is 1. The van der Waals surface area contributed by atoms with Crippen LogP contribution < -0.4 is 0 Å². The van der Waals surface area contributed by atoms with E-state index in [1.165, 1.54) is 109 Å². The number of fused-ring (bicyclic) bond motifs is 5. The normalized spacial score (nSPS) is 32.7. The molecule has 0 aliphatic heterocycles. The summed E-state index contributed by atoms with van der Waals surface area (Å²) in [7, 11) is 0. The lowest BCUT2D eigenvalue weighted by atomic mass is 9.47. The summed E-state index contributed by atoms with van der Waals surface area (Å²) >= 11 is 0. The van der Waals surface area contributed by atoms with Gasteiger partial charge in [-0.05, 0) is 130 Å². The van der Waals surface area contributed by atoms with Crippen LogP contribution in [0.2, 0.25) is 0 Å². The van der Waals surface area contributed by atoms with Crippen LogP contribution in [0, 0.1) is 46.3 Å². The van der Waals surface area contributed by atoms with E-state index in [1.54, 1.807) is 5.57 Å². The maximum absolute atomic E-state index is 12.8. The summed E-state index contributed by atoms with van der Waals surface area (Å²) in [5.74, 6) is 5.30. The van der Waals surface area contributed by atoms with Crippen molar-refractivity contribution in [1.82, 2.24) is 0 Å². The Morgan fingerprint density at radius 2 is 1.55 bits per heavy atom. The van der Waals surface area contributed by atoms with Gasteiger partial charge in [0.2, 0.25) is 0 Å². The van der Waals surface area contributed by atoms with Gasteiger partial charge in [-0.25, -0.2) is 0 Å². The Balaban J connectivity index is 1.13. The number of allylic oxidation sites excluding steroid dienone is 5. The smallest absolute Gasteiger partial charge is 0.306 e. The lowest BCUT2D eigenvalue weighted by molar-refractivity contribution is -0.151. The van der Waals surface area contributed by atoms with Crippen LogP contribution in [0.4, 0.5) is 0 Å². The highest BCUT2D eigenvalue weighted by molar-refractivity contribution is 5.69. The molecule has 0 bridgehead atoms. The molecule has 0 aromatic rings. The Kier molecular flexibility index (Phi) is 15.7. The molecule has 47 heavy (non-hydrogen) atoms. The fraction of sp³-hybridized carbons (Fsp3) is 0.844. The average molecular weight is 649 g/mol. The molecule has 0 aromatic heterocycles. The van der Waals surface area contributed by atoms with Gasteiger partial charge >= 0.3 is 5.97 Å². The van der Waals surface area contributed by atoms with E-state index in [0.717, 1.165) is 67.6 Å². The van der Waals surface area contributed by atoms with Crippen molar-refractivity contribution >= 4 is 5.97 Å². The first-order chi connectivity index (χ1) is 22.7. The number of hydrogen-bond acceptors (Lipinski definition) is 2. The molecule has 0 amide bonds. The molecular weight excluding hydrogens is 572 g/mol. The maximum Gasteiger partial charge on any atom is 0.306 e. The topological polar surface area (TPSA) is 26.3 Å². The fourth-order valence-corrected chi connectivity index (χ4v) is 11.1. The highest BCUT2D eigenvalue weighted by atomic mass is 16.5. The average Bonchev–Trinajstić information content (AvgIpc) is 3.40. The van der Waals surface area contributed by atoms with Gasteiger partial charge in [0.25, 0.3) is 0 Å². The quantitative estimate of drug-likeness (QED) is 0.0746. The number of esters is 1. The van der Waals surface area contributed by atoms with Crippen molar-refractivity contribution in [2.75, 3.05) is 0 Å². The zero-order chi connectivity index (χ0) is 33.7. The summed E-state index contributed by atoms with van der Waals surface area (Å²) in [6.45, 7) is 14.9. The van der Waals surface area contributed by atoms with Crippen LogP contribution in [-0.2, 0) is 9.53 Å². The van der Waals surface area contributed by atoms with Crippen molar-refractivity contribution in [3.8, 4) is 0 Å². The van der Waals surface area contributed by atoms with Crippen LogP contribution in [-0.4, -0.2) is 12.1 Å². The van der Waals surface area contributed by atoms with E-state index in [-0.39, 0.29) is 12.1 Å². The van der Waals surface area contributed by atoms with E-state index in [2.05, 4.69) is 71.9 Å². The summed E-state index contributed by atoms with van der Waals surface area (Å²) in [6.07, 6.45) is 40.5. The number of rotatable bonds is 20. The third-order valence-electron chi connectivity index (χ3n) is 13.9. The molecule has 0 saturated heterocycles. The van der Waals surface area contributed by atoms with Gasteiger partial charge in [0.15, 0.2) is 0 Å². The zero-order valence-corrected chi connectivity index (χ0v) is 32.0. The standard InChI is InChI=1S/C45H76O2/c1-7-8-9-10-11-12-13-14-15-16-17-18-19-20-21-25-43(46)47-38-30-32-44(5)37(34-38)26-27-39-41-29-28-40(36(4)24-22-23-35(2)3)45(41,6)33-31-42(39)44/h11-12,14-15,26,35-36,38-42H,7-10,13,16-25,27-34H2,1-6H3. The van der Waals surface area contributed by atoms with Crippen molar-refractivity contribution in [3.05, 3.63) is 36.0 Å². The highest BCUT2D eigenvalue weighted by Gasteiger charge is 2.59. The van der Waals surface area contributed by atoms with Gasteiger partial charge in [-0.2, -0.15) is 0 Å². The first kappa shape index (κ1) is 38.5. The molecule has 0 aromatic carbocycles. The van der Waals surface area contributed by atoms with Crippen molar-refractivity contribution in [1.29, 1.82) is 0 Å². The third kappa shape index (κ3) is 10.6. The summed E-state index contributed by atoms with van der Waals surface area (Å²) in [6, 6.07) is 0. The fourth-order valence-electron chi connectivity index (χ4n) is 11.1. The molecule has 3 saturated carbocycles. The molecule has 4 rings (SSSR count). The van der Waals surface area contributed by atoms with Crippen molar-refractivity contribution < 1.29 is 9.53 Å². The molecule has 2 heteroatoms. The molecule has 8 atom stereocenters. The molecule has 0 N–H and O–H groups in total. The van der Waals surface area contributed by atoms with E-state index in [9.17, 15) is 4.79 Å². The molecule has 0 spiro atoms. The van der Waals surface area contributed by atoms with E-state index >= 15 is 0 Å². The molecule has 3 fully saturated rings. The number of hydrogen-bond donors (Lipinski definition) is 0. The molecule has 0 radical (unpaired) electrons. The largest absolute Gasteiger partial charge is 0.462 e. The Morgan fingerprint density at radius 3 is 2.30 bits per heavy atom.